The third-order valence-corrected chi connectivity index (χ3v) is 1.83. The van der Waals surface area contributed by atoms with Crippen LogP contribution in [0.4, 0.5) is 9.18 Å². The van der Waals surface area contributed by atoms with Crippen LogP contribution in [0.25, 0.3) is 0 Å². The van der Waals surface area contributed by atoms with Crippen molar-refractivity contribution in [3.63, 3.8) is 0 Å². The van der Waals surface area contributed by atoms with Crippen molar-refractivity contribution in [2.45, 2.75) is 6.61 Å². The second-order valence-electron chi connectivity index (χ2n) is 2.26. The van der Waals surface area contributed by atoms with Crippen LogP contribution in [0.3, 0.4) is 0 Å². The average Bonchev–Trinajstić information content (AvgIpc) is 2.06. The first-order valence-corrected chi connectivity index (χ1v) is 4.11. The molecule has 0 atom stereocenters. The van der Waals surface area contributed by atoms with Gasteiger partial charge in [-0.3, -0.25) is 0 Å². The Morgan fingerprint density at radius 3 is 2.85 bits per heavy atom. The van der Waals surface area contributed by atoms with E-state index in [4.69, 9.17) is 23.2 Å². The van der Waals surface area contributed by atoms with Crippen LogP contribution < -0.4 is 0 Å². The Morgan fingerprint density at radius 1 is 1.54 bits per heavy atom. The number of hydrogen-bond acceptors (Lipinski definition) is 2. The summed E-state index contributed by atoms with van der Waals surface area (Å²) in [5.74, 6) is -0.440. The van der Waals surface area contributed by atoms with E-state index in [1.54, 1.807) is 0 Å². The molecule has 0 aromatic heterocycles. The summed E-state index contributed by atoms with van der Waals surface area (Å²) < 4.78 is 17.1. The molecule has 0 N–H and O–H groups in total. The van der Waals surface area contributed by atoms with E-state index in [0.29, 0.717) is 10.6 Å². The zero-order valence-corrected chi connectivity index (χ0v) is 7.90. The van der Waals surface area contributed by atoms with E-state index in [1.807, 2.05) is 0 Å². The Labute approximate surface area is 84.2 Å². The van der Waals surface area contributed by atoms with Crippen LogP contribution in [0.5, 0.6) is 0 Å². The SMILES string of the molecule is O=C(Cl)OCc1cc(F)ccc1Cl. The van der Waals surface area contributed by atoms with Gasteiger partial charge in [-0.05, 0) is 18.2 Å². The molecule has 0 aliphatic heterocycles. The highest BCUT2D eigenvalue weighted by Crippen LogP contribution is 2.18. The summed E-state index contributed by atoms with van der Waals surface area (Å²) in [6, 6.07) is 3.78. The van der Waals surface area contributed by atoms with E-state index < -0.39 is 11.2 Å². The summed E-state index contributed by atoms with van der Waals surface area (Å²) >= 11 is 10.6. The van der Waals surface area contributed by atoms with E-state index >= 15 is 0 Å². The van der Waals surface area contributed by atoms with E-state index in [1.165, 1.54) is 18.2 Å². The number of hydrogen-bond donors (Lipinski definition) is 0. The van der Waals surface area contributed by atoms with Gasteiger partial charge in [0.15, 0.2) is 0 Å². The average molecular weight is 223 g/mol. The molecule has 0 aliphatic carbocycles. The highest BCUT2D eigenvalue weighted by molar-refractivity contribution is 6.61. The van der Waals surface area contributed by atoms with Crippen molar-refractivity contribution in [1.29, 1.82) is 0 Å². The van der Waals surface area contributed by atoms with Crippen molar-refractivity contribution < 1.29 is 13.9 Å². The number of carbonyl (C=O) groups is 1. The Bertz CT molecular complexity index is 328. The van der Waals surface area contributed by atoms with Crippen LogP contribution in [0.15, 0.2) is 18.2 Å². The van der Waals surface area contributed by atoms with Gasteiger partial charge < -0.3 is 4.74 Å². The summed E-state index contributed by atoms with van der Waals surface area (Å²) in [6.45, 7) is -0.126. The predicted molar refractivity (Wildman–Crippen MR) is 47.4 cm³/mol. The maximum Gasteiger partial charge on any atom is 0.404 e. The third-order valence-electron chi connectivity index (χ3n) is 1.35. The molecule has 0 bridgehead atoms. The van der Waals surface area contributed by atoms with Gasteiger partial charge in [0, 0.05) is 22.2 Å². The fraction of sp³-hybridized carbons (Fsp3) is 0.125. The van der Waals surface area contributed by atoms with Gasteiger partial charge in [0.05, 0.1) is 0 Å². The summed E-state index contributed by atoms with van der Waals surface area (Å²) in [5, 5.41) is 0.333. The molecule has 70 valence electrons. The molecule has 1 aromatic rings. The molecule has 0 heterocycles. The molecule has 1 aromatic carbocycles. The molecule has 0 aliphatic rings. The van der Waals surface area contributed by atoms with Gasteiger partial charge in [0.25, 0.3) is 0 Å². The molecule has 0 radical (unpaired) electrons. The number of ether oxygens (including phenoxy) is 1. The maximum absolute atomic E-state index is 12.6. The van der Waals surface area contributed by atoms with Crippen LogP contribution in [0.1, 0.15) is 5.56 Å². The summed E-state index contributed by atoms with van der Waals surface area (Å²) in [4.78, 5) is 10.2. The number of rotatable bonds is 2. The third kappa shape index (κ3) is 3.20. The van der Waals surface area contributed by atoms with Gasteiger partial charge in [-0.2, -0.15) is 0 Å². The Kier molecular flexibility index (Phi) is 3.51. The molecule has 0 spiro atoms. The minimum absolute atomic E-state index is 0.126. The number of halogens is 3. The van der Waals surface area contributed by atoms with Gasteiger partial charge in [-0.25, -0.2) is 9.18 Å². The van der Waals surface area contributed by atoms with Gasteiger partial charge in [0.1, 0.15) is 12.4 Å². The molecular weight excluding hydrogens is 218 g/mol. The van der Waals surface area contributed by atoms with Crippen molar-refractivity contribution in [3.05, 3.63) is 34.6 Å². The molecule has 13 heavy (non-hydrogen) atoms. The molecule has 1 rings (SSSR count). The van der Waals surface area contributed by atoms with Crippen LogP contribution in [0.2, 0.25) is 5.02 Å². The lowest BCUT2D eigenvalue weighted by atomic mass is 10.2. The molecule has 0 unspecified atom stereocenters. The normalized spacial score (nSPS) is 9.77. The smallest absolute Gasteiger partial charge is 0.404 e. The first-order valence-electron chi connectivity index (χ1n) is 3.36. The Morgan fingerprint density at radius 2 is 2.23 bits per heavy atom. The van der Waals surface area contributed by atoms with Gasteiger partial charge in [-0.15, -0.1) is 0 Å². The van der Waals surface area contributed by atoms with E-state index in [0.717, 1.165) is 0 Å². The molecule has 0 saturated carbocycles. The minimum Gasteiger partial charge on any atom is -0.449 e. The van der Waals surface area contributed by atoms with Crippen LogP contribution in [-0.4, -0.2) is 5.43 Å². The van der Waals surface area contributed by atoms with Crippen molar-refractivity contribution in [2.75, 3.05) is 0 Å². The van der Waals surface area contributed by atoms with Gasteiger partial charge in [-0.1, -0.05) is 11.6 Å². The van der Waals surface area contributed by atoms with Crippen LogP contribution in [-0.2, 0) is 11.3 Å². The predicted octanol–water partition coefficient (Wildman–Crippen LogP) is 3.35. The highest BCUT2D eigenvalue weighted by atomic mass is 35.5. The first-order chi connectivity index (χ1) is 6.09. The van der Waals surface area contributed by atoms with Crippen LogP contribution in [0, 0.1) is 5.82 Å². The number of benzene rings is 1. The molecule has 5 heteroatoms. The Balaban J connectivity index is 2.75. The summed E-state index contributed by atoms with van der Waals surface area (Å²) in [5.41, 5.74) is -0.559. The van der Waals surface area contributed by atoms with E-state index in [9.17, 15) is 9.18 Å². The second kappa shape index (κ2) is 4.44. The molecular formula is C8H5Cl2FO2. The zero-order chi connectivity index (χ0) is 9.84. The van der Waals surface area contributed by atoms with Crippen molar-refractivity contribution in [3.8, 4) is 0 Å². The second-order valence-corrected chi connectivity index (χ2v) is 2.98. The maximum atomic E-state index is 12.6. The molecule has 0 fully saturated rings. The number of carbonyl (C=O) groups excluding carboxylic acids is 1. The lowest BCUT2D eigenvalue weighted by Crippen LogP contribution is -1.96. The first kappa shape index (κ1) is 10.3. The van der Waals surface area contributed by atoms with Gasteiger partial charge in [0.2, 0.25) is 0 Å². The van der Waals surface area contributed by atoms with E-state index in [-0.39, 0.29) is 6.61 Å². The fourth-order valence-corrected chi connectivity index (χ4v) is 1.02. The standard InChI is InChI=1S/C8H5Cl2FO2/c9-7-2-1-6(11)3-5(7)4-13-8(10)12/h1-3H,4H2. The van der Waals surface area contributed by atoms with Gasteiger partial charge >= 0.3 is 5.43 Å². The summed E-state index contributed by atoms with van der Waals surface area (Å²) in [7, 11) is 0. The largest absolute Gasteiger partial charge is 0.449 e. The van der Waals surface area contributed by atoms with Crippen LogP contribution >= 0.6 is 23.2 Å². The monoisotopic (exact) mass is 222 g/mol. The lowest BCUT2D eigenvalue weighted by molar-refractivity contribution is 0.167. The van der Waals surface area contributed by atoms with Crippen molar-refractivity contribution >= 4 is 28.6 Å². The lowest BCUT2D eigenvalue weighted by Gasteiger charge is -2.03. The quantitative estimate of drug-likeness (QED) is 0.718. The minimum atomic E-state index is -0.944. The molecule has 0 saturated heterocycles. The molecule has 2 nitrogen and oxygen atoms in total. The Hall–Kier alpha value is -0.800. The molecule has 0 amide bonds. The topological polar surface area (TPSA) is 26.3 Å². The van der Waals surface area contributed by atoms with Crippen molar-refractivity contribution in [1.82, 2.24) is 0 Å². The van der Waals surface area contributed by atoms with E-state index in [2.05, 4.69) is 4.74 Å². The fourth-order valence-electron chi connectivity index (χ4n) is 0.788. The highest BCUT2D eigenvalue weighted by Gasteiger charge is 2.04. The van der Waals surface area contributed by atoms with Crippen molar-refractivity contribution in [2.24, 2.45) is 0 Å². The zero-order valence-electron chi connectivity index (χ0n) is 6.39. The summed E-state index contributed by atoms with van der Waals surface area (Å²) in [6.07, 6.45) is 0.